The first-order chi connectivity index (χ1) is 14.5. The van der Waals surface area contributed by atoms with Gasteiger partial charge in [-0.1, -0.05) is 12.1 Å². The van der Waals surface area contributed by atoms with E-state index >= 15 is 0 Å². The summed E-state index contributed by atoms with van der Waals surface area (Å²) in [6.07, 6.45) is -5.87. The molecule has 0 unspecified atom stereocenters. The van der Waals surface area contributed by atoms with Crippen LogP contribution in [0.15, 0.2) is 24.3 Å². The topological polar surface area (TPSA) is 28.7 Å². The van der Waals surface area contributed by atoms with Gasteiger partial charge in [0.25, 0.3) is 0 Å². The molecule has 1 N–H and O–H groups in total. The highest BCUT2D eigenvalue weighted by molar-refractivity contribution is 5.74. The number of imidazole rings is 1. The summed E-state index contributed by atoms with van der Waals surface area (Å²) in [5.41, 5.74) is -1.22. The van der Waals surface area contributed by atoms with Crippen LogP contribution in [-0.4, -0.2) is 51.9 Å². The predicted molar refractivity (Wildman–Crippen MR) is 75.7 cm³/mol. The zero-order valence-corrected chi connectivity index (χ0v) is 14.9. The fraction of sp³-hybridized carbons (Fsp3) is 0.533. The summed E-state index contributed by atoms with van der Waals surface area (Å²) in [7, 11) is 0. The van der Waals surface area contributed by atoms with Crippen LogP contribution in [0.4, 0.5) is 70.2 Å². The summed E-state index contributed by atoms with van der Waals surface area (Å²) in [4.78, 5) is 4.00. The maximum Gasteiger partial charge on any atom is 0.386 e. The number of alkyl halides is 16. The number of aromatic nitrogens is 2. The van der Waals surface area contributed by atoms with E-state index in [0.29, 0.717) is 0 Å². The van der Waals surface area contributed by atoms with E-state index in [4.69, 9.17) is 0 Å². The average molecular weight is 518 g/mol. The highest BCUT2D eigenvalue weighted by atomic mass is 19.4. The largest absolute Gasteiger partial charge is 0.386 e. The van der Waals surface area contributed by atoms with E-state index in [9.17, 15) is 70.2 Å². The summed E-state index contributed by atoms with van der Waals surface area (Å²) < 4.78 is 213. The number of para-hydroxylation sites is 2. The van der Waals surface area contributed by atoms with Gasteiger partial charge in [-0.05, 0) is 12.1 Å². The molecule has 0 amide bonds. The SMILES string of the molecule is FC(F)C(F)(F)C(F)(F)C(F)(F)C(F)(F)C(F)(F)C(F)(F)C(F)(F)c1nc2ccccc2[nH]1. The molecule has 1 heterocycles. The zero-order chi connectivity index (χ0) is 26.1. The minimum atomic E-state index is -8.43. The quantitative estimate of drug-likeness (QED) is 0.386. The average Bonchev–Trinajstić information content (AvgIpc) is 3.11. The fourth-order valence-electron chi connectivity index (χ4n) is 2.39. The molecule has 0 spiro atoms. The molecule has 188 valence electrons. The van der Waals surface area contributed by atoms with Gasteiger partial charge in [0.15, 0.2) is 5.82 Å². The highest BCUT2D eigenvalue weighted by Crippen LogP contribution is 2.63. The number of halogens is 16. The number of H-pyrrole nitrogens is 1. The van der Waals surface area contributed by atoms with Gasteiger partial charge < -0.3 is 4.98 Å². The smallest absolute Gasteiger partial charge is 0.337 e. The molecular weight excluding hydrogens is 512 g/mol. The van der Waals surface area contributed by atoms with Crippen LogP contribution in [-0.2, 0) is 5.92 Å². The van der Waals surface area contributed by atoms with Crippen molar-refractivity contribution < 1.29 is 70.2 Å². The van der Waals surface area contributed by atoms with Crippen LogP contribution in [0, 0.1) is 0 Å². The number of fused-ring (bicyclic) bond motifs is 1. The Hall–Kier alpha value is -2.43. The lowest BCUT2D eigenvalue weighted by Gasteiger charge is -2.42. The molecule has 1 aromatic heterocycles. The molecule has 0 bridgehead atoms. The number of hydrogen-bond acceptors (Lipinski definition) is 1. The van der Waals surface area contributed by atoms with Gasteiger partial charge in [0.2, 0.25) is 0 Å². The molecular formula is C15H6F16N2. The summed E-state index contributed by atoms with van der Waals surface area (Å²) >= 11 is 0. The molecule has 0 saturated heterocycles. The molecule has 0 fully saturated rings. The van der Waals surface area contributed by atoms with Crippen molar-refractivity contribution in [2.75, 3.05) is 0 Å². The minimum Gasteiger partial charge on any atom is -0.337 e. The second-order valence-electron chi connectivity index (χ2n) is 6.47. The molecule has 18 heteroatoms. The van der Waals surface area contributed by atoms with Gasteiger partial charge in [-0.25, -0.2) is 13.8 Å². The second-order valence-corrected chi connectivity index (χ2v) is 6.47. The Morgan fingerprint density at radius 3 is 1.48 bits per heavy atom. The van der Waals surface area contributed by atoms with Crippen LogP contribution in [0.25, 0.3) is 11.0 Å². The maximum absolute atomic E-state index is 14.1. The minimum absolute atomic E-state index is 0.577. The Bertz CT molecular complexity index is 975. The Morgan fingerprint density at radius 1 is 0.606 bits per heavy atom. The monoisotopic (exact) mass is 518 g/mol. The third-order valence-electron chi connectivity index (χ3n) is 4.35. The van der Waals surface area contributed by atoms with Crippen LogP contribution in [0.1, 0.15) is 5.82 Å². The lowest BCUT2D eigenvalue weighted by molar-refractivity contribution is -0.448. The predicted octanol–water partition coefficient (Wildman–Crippen LogP) is 6.73. The molecule has 0 atom stereocenters. The normalized spacial score (nSPS) is 15.5. The summed E-state index contributed by atoms with van der Waals surface area (Å²) in [5.74, 6) is -57.5. The third kappa shape index (κ3) is 3.30. The summed E-state index contributed by atoms with van der Waals surface area (Å²) in [6, 6.07) is 3.78. The molecule has 0 aliphatic carbocycles. The van der Waals surface area contributed by atoms with Crippen molar-refractivity contribution in [2.45, 2.75) is 47.9 Å². The summed E-state index contributed by atoms with van der Waals surface area (Å²) in [5, 5.41) is 0. The van der Waals surface area contributed by atoms with E-state index in [1.165, 1.54) is 4.98 Å². The first kappa shape index (κ1) is 26.8. The van der Waals surface area contributed by atoms with E-state index in [0.717, 1.165) is 24.3 Å². The molecule has 1 aromatic carbocycles. The van der Waals surface area contributed by atoms with E-state index < -0.39 is 64.7 Å². The number of hydrogen-bond donors (Lipinski definition) is 1. The van der Waals surface area contributed by atoms with Gasteiger partial charge in [0, 0.05) is 0 Å². The van der Waals surface area contributed by atoms with Crippen molar-refractivity contribution in [1.29, 1.82) is 0 Å². The third-order valence-corrected chi connectivity index (χ3v) is 4.35. The van der Waals surface area contributed by atoms with Gasteiger partial charge >= 0.3 is 47.9 Å². The standard InChI is InChI=1S/C15H6F16N2/c16-7(17)9(18,19)11(22,23)13(26,27)15(30,31)14(28,29)12(24,25)10(20,21)8-32-5-3-1-2-4-6(5)33-8/h1-4,7H,(H,32,33). The Balaban J connectivity index is 2.65. The van der Waals surface area contributed by atoms with Gasteiger partial charge in [0.1, 0.15) is 0 Å². The molecule has 0 aliphatic rings. The lowest BCUT2D eigenvalue weighted by Crippen LogP contribution is -2.73. The molecule has 0 aliphatic heterocycles. The highest BCUT2D eigenvalue weighted by Gasteiger charge is 2.94. The molecule has 2 nitrogen and oxygen atoms in total. The van der Waals surface area contributed by atoms with Gasteiger partial charge in [-0.2, -0.15) is 61.5 Å². The molecule has 2 rings (SSSR count). The number of rotatable bonds is 8. The Morgan fingerprint density at radius 2 is 1.03 bits per heavy atom. The van der Waals surface area contributed by atoms with Crippen molar-refractivity contribution in [1.82, 2.24) is 9.97 Å². The molecule has 0 saturated carbocycles. The number of nitrogens with one attached hydrogen (secondary N) is 1. The van der Waals surface area contributed by atoms with Crippen LogP contribution in [0.5, 0.6) is 0 Å². The van der Waals surface area contributed by atoms with Crippen LogP contribution < -0.4 is 0 Å². The van der Waals surface area contributed by atoms with E-state index in [-0.39, 0.29) is 0 Å². The van der Waals surface area contributed by atoms with E-state index in [2.05, 4.69) is 4.98 Å². The number of aromatic amines is 1. The molecule has 2 aromatic rings. The van der Waals surface area contributed by atoms with Crippen molar-refractivity contribution in [3.63, 3.8) is 0 Å². The molecule has 0 radical (unpaired) electrons. The van der Waals surface area contributed by atoms with Crippen molar-refractivity contribution in [3.05, 3.63) is 30.1 Å². The number of nitrogens with zero attached hydrogens (tertiary/aromatic N) is 1. The zero-order valence-electron chi connectivity index (χ0n) is 14.9. The van der Waals surface area contributed by atoms with Crippen molar-refractivity contribution in [2.24, 2.45) is 0 Å². The van der Waals surface area contributed by atoms with Crippen LogP contribution in [0.2, 0.25) is 0 Å². The number of benzene rings is 1. The Kier molecular flexibility index (Phi) is 5.92. The lowest BCUT2D eigenvalue weighted by atomic mass is 9.89. The molecule has 33 heavy (non-hydrogen) atoms. The van der Waals surface area contributed by atoms with E-state index in [1.807, 2.05) is 0 Å². The maximum atomic E-state index is 14.1. The second kappa shape index (κ2) is 7.28. The van der Waals surface area contributed by atoms with Gasteiger partial charge in [-0.15, -0.1) is 0 Å². The first-order valence-corrected chi connectivity index (χ1v) is 7.90. The Labute approximate surface area is 170 Å². The van der Waals surface area contributed by atoms with Gasteiger partial charge in [0.05, 0.1) is 11.0 Å². The van der Waals surface area contributed by atoms with Crippen LogP contribution in [0.3, 0.4) is 0 Å². The van der Waals surface area contributed by atoms with Crippen molar-refractivity contribution in [3.8, 4) is 0 Å². The van der Waals surface area contributed by atoms with Gasteiger partial charge in [-0.3, -0.25) is 0 Å². The van der Waals surface area contributed by atoms with Crippen LogP contribution >= 0.6 is 0 Å². The summed E-state index contributed by atoms with van der Waals surface area (Å²) in [6.45, 7) is 0. The van der Waals surface area contributed by atoms with E-state index in [1.54, 1.807) is 0 Å². The van der Waals surface area contributed by atoms with Crippen molar-refractivity contribution >= 4 is 11.0 Å². The first-order valence-electron chi connectivity index (χ1n) is 7.90. The fourth-order valence-corrected chi connectivity index (χ4v) is 2.39.